The van der Waals surface area contributed by atoms with Gasteiger partial charge in [-0.25, -0.2) is 16.8 Å². The van der Waals surface area contributed by atoms with E-state index < -0.39 is 36.7 Å². The molecule has 2 aromatic carbocycles. The van der Waals surface area contributed by atoms with Gasteiger partial charge in [0.05, 0.1) is 15.4 Å². The molecule has 0 fully saturated rings. The van der Waals surface area contributed by atoms with Crippen LogP contribution in [0.25, 0.3) is 0 Å². The Balaban J connectivity index is 2.50. The third kappa shape index (κ3) is 4.63. The highest BCUT2D eigenvalue weighted by Gasteiger charge is 2.33. The first-order valence-corrected chi connectivity index (χ1v) is 10.2. The molecule has 0 radical (unpaired) electrons. The van der Waals surface area contributed by atoms with Crippen molar-refractivity contribution in [3.05, 3.63) is 58.7 Å². The van der Waals surface area contributed by atoms with Crippen molar-refractivity contribution in [3.63, 3.8) is 0 Å². The van der Waals surface area contributed by atoms with Gasteiger partial charge in [0.1, 0.15) is 0 Å². The van der Waals surface area contributed by atoms with Crippen LogP contribution in [0.15, 0.2) is 46.2 Å². The quantitative estimate of drug-likeness (QED) is 0.843. The fourth-order valence-electron chi connectivity index (χ4n) is 2.40. The molecule has 0 aliphatic carbocycles. The zero-order chi connectivity index (χ0) is 19.9. The molecule has 142 valence electrons. The summed E-state index contributed by atoms with van der Waals surface area (Å²) in [4.78, 5) is -1.07. The van der Waals surface area contributed by atoms with Gasteiger partial charge in [0.25, 0.3) is 20.0 Å². The van der Waals surface area contributed by atoms with Crippen molar-refractivity contribution in [1.29, 1.82) is 0 Å². The van der Waals surface area contributed by atoms with E-state index in [9.17, 15) is 30.0 Å². The van der Waals surface area contributed by atoms with Crippen LogP contribution in [0.4, 0.5) is 13.2 Å². The maximum absolute atomic E-state index is 12.9. The first-order chi connectivity index (χ1) is 11.7. The summed E-state index contributed by atoms with van der Waals surface area (Å²) >= 11 is 0. The minimum absolute atomic E-state index is 0.0315. The van der Waals surface area contributed by atoms with E-state index in [4.69, 9.17) is 0 Å². The highest BCUT2D eigenvalue weighted by molar-refractivity contribution is 8.04. The van der Waals surface area contributed by atoms with E-state index in [1.54, 1.807) is 19.9 Å². The van der Waals surface area contributed by atoms with Crippen LogP contribution < -0.4 is 4.13 Å². The van der Waals surface area contributed by atoms with E-state index in [-0.39, 0.29) is 10.5 Å². The zero-order valence-corrected chi connectivity index (χ0v) is 15.7. The Morgan fingerprint density at radius 3 is 1.50 bits per heavy atom. The highest BCUT2D eigenvalue weighted by Crippen LogP contribution is 2.31. The Labute approximate surface area is 150 Å². The number of halogens is 3. The van der Waals surface area contributed by atoms with Gasteiger partial charge in [-0.3, -0.25) is 0 Å². The second kappa shape index (κ2) is 6.67. The summed E-state index contributed by atoms with van der Waals surface area (Å²) in [5.74, 6) is 0. The van der Waals surface area contributed by atoms with E-state index in [1.807, 2.05) is 0 Å². The minimum Gasteiger partial charge on any atom is -0.206 e. The van der Waals surface area contributed by atoms with Crippen molar-refractivity contribution in [2.45, 2.75) is 36.7 Å². The van der Waals surface area contributed by atoms with E-state index in [0.29, 0.717) is 17.2 Å². The fourth-order valence-corrected chi connectivity index (χ4v) is 5.63. The molecule has 26 heavy (non-hydrogen) atoms. The smallest absolute Gasteiger partial charge is 0.206 e. The molecule has 0 saturated carbocycles. The standard InChI is InChI=1S/C16H16F3NO4S2/c1-10-4-11(2)7-14(6-10)25(21,22)20-26(23,24)15-8-12(3)5-13(9-15)16(17,18)19/h4-9,20H,1-3H3. The van der Waals surface area contributed by atoms with Crippen molar-refractivity contribution in [2.24, 2.45) is 0 Å². The number of nitrogens with one attached hydrogen (secondary N) is 1. The Hall–Kier alpha value is -1.91. The van der Waals surface area contributed by atoms with Gasteiger partial charge in [0.15, 0.2) is 0 Å². The predicted molar refractivity (Wildman–Crippen MR) is 89.6 cm³/mol. The summed E-state index contributed by atoms with van der Waals surface area (Å²) < 4.78 is 89.7. The molecule has 0 aliphatic rings. The molecular formula is C16H16F3NO4S2. The Morgan fingerprint density at radius 2 is 1.08 bits per heavy atom. The van der Waals surface area contributed by atoms with Gasteiger partial charge >= 0.3 is 6.18 Å². The molecule has 2 aromatic rings. The number of alkyl halides is 3. The molecule has 0 spiro atoms. The van der Waals surface area contributed by atoms with Crippen molar-refractivity contribution < 1.29 is 30.0 Å². The van der Waals surface area contributed by atoms with Crippen LogP contribution in [0.3, 0.4) is 0 Å². The van der Waals surface area contributed by atoms with Crippen LogP contribution in [0.5, 0.6) is 0 Å². The summed E-state index contributed by atoms with van der Waals surface area (Å²) in [7, 11) is -9.23. The van der Waals surface area contributed by atoms with E-state index in [0.717, 1.165) is 12.1 Å². The van der Waals surface area contributed by atoms with Crippen LogP contribution >= 0.6 is 0 Å². The maximum atomic E-state index is 12.9. The summed E-state index contributed by atoms with van der Waals surface area (Å²) in [5.41, 5.74) is 0.0426. The molecule has 0 amide bonds. The molecule has 5 nitrogen and oxygen atoms in total. The maximum Gasteiger partial charge on any atom is 0.416 e. The molecule has 0 atom stereocenters. The van der Waals surface area contributed by atoms with Gasteiger partial charge in [0.2, 0.25) is 0 Å². The van der Waals surface area contributed by atoms with Crippen LogP contribution in [0.1, 0.15) is 22.3 Å². The fraction of sp³-hybridized carbons (Fsp3) is 0.250. The van der Waals surface area contributed by atoms with Crippen molar-refractivity contribution in [2.75, 3.05) is 0 Å². The molecule has 0 heterocycles. The summed E-state index contributed by atoms with van der Waals surface area (Å²) in [6.45, 7) is 4.56. The largest absolute Gasteiger partial charge is 0.416 e. The molecule has 0 bridgehead atoms. The lowest BCUT2D eigenvalue weighted by atomic mass is 10.1. The number of hydrogen-bond donors (Lipinski definition) is 1. The Bertz CT molecular complexity index is 1040. The van der Waals surface area contributed by atoms with Crippen LogP contribution in [0, 0.1) is 20.8 Å². The number of benzene rings is 2. The lowest BCUT2D eigenvalue weighted by Crippen LogP contribution is -2.31. The van der Waals surface area contributed by atoms with Crippen LogP contribution in [0.2, 0.25) is 0 Å². The van der Waals surface area contributed by atoms with E-state index in [2.05, 4.69) is 0 Å². The highest BCUT2D eigenvalue weighted by atomic mass is 32.3. The van der Waals surface area contributed by atoms with Crippen molar-refractivity contribution in [1.82, 2.24) is 4.13 Å². The summed E-state index contributed by atoms with van der Waals surface area (Å²) in [6, 6.07) is 6.37. The number of hydrogen-bond acceptors (Lipinski definition) is 4. The minimum atomic E-state index is -4.76. The third-order valence-corrected chi connectivity index (χ3v) is 6.88. The van der Waals surface area contributed by atoms with Gasteiger partial charge in [-0.2, -0.15) is 13.2 Å². The van der Waals surface area contributed by atoms with E-state index >= 15 is 0 Å². The van der Waals surface area contributed by atoms with Crippen LogP contribution in [-0.2, 0) is 26.2 Å². The molecule has 1 N–H and O–H groups in total. The number of sulfonamides is 2. The molecule has 10 heteroatoms. The SMILES string of the molecule is Cc1cc(C)cc(S(=O)(=O)NS(=O)(=O)c2cc(C)cc(C(F)(F)F)c2)c1. The molecule has 2 rings (SSSR count). The Morgan fingerprint density at radius 1 is 0.692 bits per heavy atom. The second-order valence-electron chi connectivity index (χ2n) is 5.95. The van der Waals surface area contributed by atoms with Gasteiger partial charge < -0.3 is 0 Å². The lowest BCUT2D eigenvalue weighted by Gasteiger charge is -2.13. The van der Waals surface area contributed by atoms with E-state index in [1.165, 1.54) is 23.2 Å². The first-order valence-electron chi connectivity index (χ1n) is 7.26. The summed E-state index contributed by atoms with van der Waals surface area (Å²) in [5, 5.41) is 0. The van der Waals surface area contributed by atoms with Crippen molar-refractivity contribution in [3.8, 4) is 0 Å². The second-order valence-corrected chi connectivity index (χ2v) is 9.57. The topological polar surface area (TPSA) is 80.3 Å². The molecule has 0 saturated heterocycles. The van der Waals surface area contributed by atoms with Crippen molar-refractivity contribution >= 4 is 20.0 Å². The zero-order valence-electron chi connectivity index (χ0n) is 14.0. The lowest BCUT2D eigenvalue weighted by molar-refractivity contribution is -0.137. The molecular weight excluding hydrogens is 391 g/mol. The summed E-state index contributed by atoms with van der Waals surface area (Å²) in [6.07, 6.45) is -4.76. The van der Waals surface area contributed by atoms with Crippen LogP contribution in [-0.4, -0.2) is 16.8 Å². The first kappa shape index (κ1) is 20.4. The normalized spacial score (nSPS) is 13.0. The number of rotatable bonds is 4. The molecule has 0 unspecified atom stereocenters. The number of aryl methyl sites for hydroxylation is 3. The van der Waals surface area contributed by atoms with Gasteiger partial charge in [0, 0.05) is 0 Å². The third-order valence-electron chi connectivity index (χ3n) is 3.41. The molecule has 0 aliphatic heterocycles. The average molecular weight is 407 g/mol. The average Bonchev–Trinajstić information content (AvgIpc) is 2.43. The van der Waals surface area contributed by atoms with Gasteiger partial charge in [-0.05, 0) is 67.8 Å². The predicted octanol–water partition coefficient (Wildman–Crippen LogP) is 3.30. The molecule has 0 aromatic heterocycles. The van der Waals surface area contributed by atoms with Gasteiger partial charge in [-0.15, -0.1) is 4.13 Å². The van der Waals surface area contributed by atoms with Gasteiger partial charge in [-0.1, -0.05) is 6.07 Å². The Kier molecular flexibility index (Phi) is 5.24. The monoisotopic (exact) mass is 407 g/mol.